The van der Waals surface area contributed by atoms with Crippen LogP contribution in [0.15, 0.2) is 52.0 Å². The smallest absolute Gasteiger partial charge is 0.305 e. The van der Waals surface area contributed by atoms with Crippen molar-refractivity contribution < 1.29 is 19.4 Å². The van der Waals surface area contributed by atoms with E-state index in [1.165, 1.54) is 16.2 Å². The number of methoxy groups -OCH3 is 1. The Hall–Kier alpha value is -2.65. The minimum absolute atomic E-state index is 0.274. The first kappa shape index (κ1) is 18.2. The molecule has 9 heteroatoms. The van der Waals surface area contributed by atoms with Crippen LogP contribution in [-0.2, 0) is 9.59 Å². The first-order valence-electron chi connectivity index (χ1n) is 7.59. The number of carboxylic acid groups (broad SMARTS) is 1. The van der Waals surface area contributed by atoms with Gasteiger partial charge in [0.1, 0.15) is 11.0 Å². The maximum atomic E-state index is 12.7. The molecule has 1 saturated heterocycles. The second-order valence-corrected chi connectivity index (χ2v) is 7.37. The molecule has 0 aliphatic carbocycles. The molecular weight excluding hydrogens is 374 g/mol. The fourth-order valence-electron chi connectivity index (χ4n) is 2.29. The normalized spacial score (nSPS) is 18.8. The Balaban J connectivity index is 1.89. The predicted molar refractivity (Wildman–Crippen MR) is 103 cm³/mol. The highest BCUT2D eigenvalue weighted by molar-refractivity contribution is 8.16. The second kappa shape index (κ2) is 8.15. The van der Waals surface area contributed by atoms with Crippen molar-refractivity contribution in [1.82, 2.24) is 0 Å². The minimum Gasteiger partial charge on any atom is -0.497 e. The molecule has 0 saturated carbocycles. The standard InChI is InChI=1S/C17H15N3O4S2/c1-24-12-6-4-11(5-7-12)20-16(23)14(9-15(21)22)26-17(20)19-18-10-13-3-2-8-25-13/h2-8,10,14H,9H2,1H3,(H,21,22). The van der Waals surface area contributed by atoms with E-state index in [-0.39, 0.29) is 12.3 Å². The third-order valence-electron chi connectivity index (χ3n) is 3.50. The van der Waals surface area contributed by atoms with Gasteiger partial charge in [0, 0.05) is 4.88 Å². The molecule has 1 atom stereocenters. The van der Waals surface area contributed by atoms with Gasteiger partial charge in [-0.2, -0.15) is 5.10 Å². The summed E-state index contributed by atoms with van der Waals surface area (Å²) in [5.41, 5.74) is 0.585. The summed E-state index contributed by atoms with van der Waals surface area (Å²) in [6.45, 7) is 0. The van der Waals surface area contributed by atoms with Gasteiger partial charge >= 0.3 is 5.97 Å². The van der Waals surface area contributed by atoms with Gasteiger partial charge in [-0.3, -0.25) is 14.5 Å². The molecule has 1 unspecified atom stereocenters. The molecular formula is C17H15N3O4S2. The van der Waals surface area contributed by atoms with E-state index in [9.17, 15) is 9.59 Å². The number of carboxylic acids is 1. The van der Waals surface area contributed by atoms with Gasteiger partial charge in [0.15, 0.2) is 5.17 Å². The Morgan fingerprint density at radius 1 is 1.35 bits per heavy atom. The van der Waals surface area contributed by atoms with E-state index in [0.29, 0.717) is 16.6 Å². The Kier molecular flexibility index (Phi) is 5.69. The van der Waals surface area contributed by atoms with Gasteiger partial charge in [0.05, 0.1) is 25.4 Å². The van der Waals surface area contributed by atoms with Gasteiger partial charge < -0.3 is 9.84 Å². The van der Waals surface area contributed by atoms with Crippen LogP contribution in [0.3, 0.4) is 0 Å². The molecule has 7 nitrogen and oxygen atoms in total. The maximum Gasteiger partial charge on any atom is 0.305 e. The molecule has 1 aromatic heterocycles. The van der Waals surface area contributed by atoms with Gasteiger partial charge in [-0.1, -0.05) is 17.8 Å². The number of anilines is 1. The summed E-state index contributed by atoms with van der Waals surface area (Å²) >= 11 is 2.62. The van der Waals surface area contributed by atoms with Crippen LogP contribution in [0.25, 0.3) is 0 Å². The van der Waals surface area contributed by atoms with Crippen molar-refractivity contribution in [3.05, 3.63) is 46.7 Å². The Morgan fingerprint density at radius 2 is 2.12 bits per heavy atom. The highest BCUT2D eigenvalue weighted by Gasteiger charge is 2.40. The molecule has 2 heterocycles. The minimum atomic E-state index is -1.03. The third-order valence-corrected chi connectivity index (χ3v) is 5.43. The number of carbonyl (C=O) groups excluding carboxylic acids is 1. The number of amidine groups is 1. The molecule has 3 rings (SSSR count). The van der Waals surface area contributed by atoms with Crippen LogP contribution < -0.4 is 9.64 Å². The lowest BCUT2D eigenvalue weighted by Crippen LogP contribution is -2.32. The summed E-state index contributed by atoms with van der Waals surface area (Å²) in [4.78, 5) is 26.0. The van der Waals surface area contributed by atoms with E-state index >= 15 is 0 Å². The number of rotatable bonds is 6. The van der Waals surface area contributed by atoms with E-state index < -0.39 is 11.2 Å². The van der Waals surface area contributed by atoms with Crippen molar-refractivity contribution in [3.63, 3.8) is 0 Å². The van der Waals surface area contributed by atoms with E-state index in [1.54, 1.807) is 37.6 Å². The van der Waals surface area contributed by atoms with E-state index in [0.717, 1.165) is 16.6 Å². The zero-order chi connectivity index (χ0) is 18.5. The number of benzene rings is 1. The number of carbonyl (C=O) groups is 2. The van der Waals surface area contributed by atoms with Crippen LogP contribution in [0.2, 0.25) is 0 Å². The molecule has 1 aromatic carbocycles. The number of ether oxygens (including phenoxy) is 1. The van der Waals surface area contributed by atoms with Crippen LogP contribution >= 0.6 is 23.1 Å². The summed E-state index contributed by atoms with van der Waals surface area (Å²) in [7, 11) is 1.56. The molecule has 1 aliphatic heterocycles. The quantitative estimate of drug-likeness (QED) is 0.606. The number of hydrogen-bond acceptors (Lipinski definition) is 7. The summed E-state index contributed by atoms with van der Waals surface area (Å²) in [5.74, 6) is -0.703. The first-order chi connectivity index (χ1) is 12.6. The monoisotopic (exact) mass is 389 g/mol. The molecule has 1 fully saturated rings. The van der Waals surface area contributed by atoms with E-state index in [4.69, 9.17) is 9.84 Å². The average molecular weight is 389 g/mol. The van der Waals surface area contributed by atoms with Crippen molar-refractivity contribution in [2.24, 2.45) is 10.2 Å². The van der Waals surface area contributed by atoms with Gasteiger partial charge in [-0.25, -0.2) is 0 Å². The number of hydrogen-bond donors (Lipinski definition) is 1. The lowest BCUT2D eigenvalue weighted by molar-refractivity contribution is -0.138. The largest absolute Gasteiger partial charge is 0.497 e. The van der Waals surface area contributed by atoms with Gasteiger partial charge in [-0.05, 0) is 35.7 Å². The highest BCUT2D eigenvalue weighted by atomic mass is 32.2. The summed E-state index contributed by atoms with van der Waals surface area (Å²) < 4.78 is 5.13. The number of thiophene rings is 1. The van der Waals surface area contributed by atoms with E-state index in [2.05, 4.69) is 10.2 Å². The summed E-state index contributed by atoms with van der Waals surface area (Å²) in [6.07, 6.45) is 1.32. The number of amides is 1. The summed E-state index contributed by atoms with van der Waals surface area (Å²) in [6, 6.07) is 10.7. The Morgan fingerprint density at radius 3 is 2.73 bits per heavy atom. The van der Waals surface area contributed by atoms with Crippen molar-refractivity contribution in [1.29, 1.82) is 0 Å². The first-order valence-corrected chi connectivity index (χ1v) is 9.35. The van der Waals surface area contributed by atoms with Crippen LogP contribution in [0.1, 0.15) is 11.3 Å². The lowest BCUT2D eigenvalue weighted by atomic mass is 10.2. The lowest BCUT2D eigenvalue weighted by Gasteiger charge is -2.16. The third kappa shape index (κ3) is 4.12. The second-order valence-electron chi connectivity index (χ2n) is 5.22. The molecule has 0 radical (unpaired) electrons. The molecule has 1 aliphatic rings. The van der Waals surface area contributed by atoms with Crippen molar-refractivity contribution in [3.8, 4) is 5.75 Å². The fraction of sp³-hybridized carbons (Fsp3) is 0.176. The van der Waals surface area contributed by atoms with Crippen molar-refractivity contribution >= 4 is 52.0 Å². The van der Waals surface area contributed by atoms with Crippen molar-refractivity contribution in [2.75, 3.05) is 12.0 Å². The van der Waals surface area contributed by atoms with Crippen LogP contribution in [0.4, 0.5) is 5.69 Å². The van der Waals surface area contributed by atoms with Gasteiger partial charge in [0.2, 0.25) is 5.91 Å². The van der Waals surface area contributed by atoms with Crippen LogP contribution in [0.5, 0.6) is 5.75 Å². The molecule has 1 N–H and O–H groups in total. The molecule has 26 heavy (non-hydrogen) atoms. The highest BCUT2D eigenvalue weighted by Crippen LogP contribution is 2.34. The number of nitrogens with zero attached hydrogens (tertiary/aromatic N) is 3. The number of aliphatic carboxylic acids is 1. The molecule has 0 bridgehead atoms. The van der Waals surface area contributed by atoms with Crippen LogP contribution in [-0.4, -0.2) is 40.7 Å². The predicted octanol–water partition coefficient (Wildman–Crippen LogP) is 3.07. The molecule has 0 spiro atoms. The summed E-state index contributed by atoms with van der Waals surface area (Å²) in [5, 5.41) is 18.8. The average Bonchev–Trinajstić information content (AvgIpc) is 3.24. The molecule has 2 aromatic rings. The zero-order valence-electron chi connectivity index (χ0n) is 13.7. The van der Waals surface area contributed by atoms with Gasteiger partial charge in [-0.15, -0.1) is 16.4 Å². The van der Waals surface area contributed by atoms with Crippen LogP contribution in [0, 0.1) is 0 Å². The zero-order valence-corrected chi connectivity index (χ0v) is 15.4. The van der Waals surface area contributed by atoms with Crippen molar-refractivity contribution in [2.45, 2.75) is 11.7 Å². The Labute approximate surface area is 158 Å². The SMILES string of the molecule is COc1ccc(N2C(=O)C(CC(=O)O)SC2=NN=Cc2cccs2)cc1. The Bertz CT molecular complexity index is 847. The maximum absolute atomic E-state index is 12.7. The fourth-order valence-corrected chi connectivity index (χ4v) is 3.95. The molecule has 1 amide bonds. The van der Waals surface area contributed by atoms with Gasteiger partial charge in [0.25, 0.3) is 0 Å². The topological polar surface area (TPSA) is 91.6 Å². The number of thioether (sulfide) groups is 1. The van der Waals surface area contributed by atoms with E-state index in [1.807, 2.05) is 17.5 Å². The molecule has 134 valence electrons.